The van der Waals surface area contributed by atoms with Gasteiger partial charge in [0.1, 0.15) is 12.7 Å². The first kappa shape index (κ1) is 19.7. The number of likely N-dealkylation sites (tertiary alicyclic amines) is 1. The van der Waals surface area contributed by atoms with Gasteiger partial charge in [0.05, 0.1) is 0 Å². The van der Waals surface area contributed by atoms with Gasteiger partial charge >= 0.3 is 0 Å². The van der Waals surface area contributed by atoms with Crippen LogP contribution >= 0.6 is 0 Å². The van der Waals surface area contributed by atoms with Crippen LogP contribution in [0.1, 0.15) is 42.5 Å². The lowest BCUT2D eigenvalue weighted by Gasteiger charge is -2.47. The number of hydrogen-bond donors (Lipinski definition) is 0. The average Bonchev–Trinajstić information content (AvgIpc) is 3.31. The smallest absolute Gasteiger partial charge is 0.251 e. The maximum absolute atomic E-state index is 13.0. The van der Waals surface area contributed by atoms with Gasteiger partial charge in [-0.3, -0.25) is 14.3 Å². The predicted molar refractivity (Wildman–Crippen MR) is 117 cm³/mol. The Morgan fingerprint density at radius 1 is 1.06 bits per heavy atom. The number of rotatable bonds is 6. The Hall–Kier alpha value is -3.22. The van der Waals surface area contributed by atoms with Crippen molar-refractivity contribution in [1.82, 2.24) is 24.2 Å². The van der Waals surface area contributed by atoms with Gasteiger partial charge in [-0.2, -0.15) is 5.10 Å². The van der Waals surface area contributed by atoms with Gasteiger partial charge < -0.3 is 9.47 Å². The number of aryl methyl sites for hydroxylation is 1. The molecule has 0 N–H and O–H groups in total. The number of amides is 1. The maximum atomic E-state index is 13.0. The quantitative estimate of drug-likeness (QED) is 0.618. The Kier molecular flexibility index (Phi) is 5.40. The van der Waals surface area contributed by atoms with Gasteiger partial charge in [0, 0.05) is 49.8 Å². The van der Waals surface area contributed by atoms with E-state index in [2.05, 4.69) is 28.3 Å². The fraction of sp³-hybridized carbons (Fsp3) is 0.417. The molecule has 0 aliphatic carbocycles. The van der Waals surface area contributed by atoms with Crippen LogP contribution in [0.25, 0.3) is 0 Å². The van der Waals surface area contributed by atoms with Gasteiger partial charge in [0.25, 0.3) is 5.56 Å². The van der Waals surface area contributed by atoms with Crippen LogP contribution < -0.4 is 5.56 Å². The van der Waals surface area contributed by atoms with E-state index in [1.165, 1.54) is 11.9 Å². The van der Waals surface area contributed by atoms with Gasteiger partial charge in [-0.05, 0) is 36.8 Å². The van der Waals surface area contributed by atoms with Crippen molar-refractivity contribution in [3.05, 3.63) is 82.8 Å². The molecule has 0 saturated carbocycles. The molecule has 1 fully saturated rings. The van der Waals surface area contributed by atoms with Crippen molar-refractivity contribution in [3.8, 4) is 0 Å². The minimum Gasteiger partial charge on any atom is -0.342 e. The van der Waals surface area contributed by atoms with Crippen molar-refractivity contribution in [2.24, 2.45) is 5.92 Å². The van der Waals surface area contributed by atoms with Crippen LogP contribution in [0, 0.1) is 5.92 Å². The van der Waals surface area contributed by atoms with Crippen molar-refractivity contribution in [2.45, 2.75) is 44.2 Å². The highest BCUT2D eigenvalue weighted by Gasteiger charge is 2.41. The van der Waals surface area contributed by atoms with Crippen LogP contribution in [-0.4, -0.2) is 43.2 Å². The third-order valence-corrected chi connectivity index (χ3v) is 6.68. The van der Waals surface area contributed by atoms with E-state index in [0.29, 0.717) is 19.5 Å². The summed E-state index contributed by atoms with van der Waals surface area (Å²) in [4.78, 5) is 31.8. The molecule has 5 rings (SSSR count). The van der Waals surface area contributed by atoms with Crippen LogP contribution in [0.2, 0.25) is 0 Å². The van der Waals surface area contributed by atoms with E-state index >= 15 is 0 Å². The van der Waals surface area contributed by atoms with E-state index in [-0.39, 0.29) is 29.3 Å². The largest absolute Gasteiger partial charge is 0.342 e. The Balaban J connectivity index is 1.36. The zero-order chi connectivity index (χ0) is 21.2. The first-order valence-electron chi connectivity index (χ1n) is 11.0. The van der Waals surface area contributed by atoms with Gasteiger partial charge in [-0.15, -0.1) is 0 Å². The van der Waals surface area contributed by atoms with E-state index in [1.807, 2.05) is 33.7 Å². The third-order valence-electron chi connectivity index (χ3n) is 6.68. The minimum absolute atomic E-state index is 0.0701. The number of nitrogens with zero attached hydrogens (tertiary/aromatic N) is 5. The van der Waals surface area contributed by atoms with Crippen LogP contribution in [-0.2, 0) is 17.8 Å². The van der Waals surface area contributed by atoms with E-state index in [0.717, 1.165) is 31.5 Å². The molecule has 7 heteroatoms. The summed E-state index contributed by atoms with van der Waals surface area (Å²) >= 11 is 0. The number of aromatic nitrogens is 4. The molecule has 31 heavy (non-hydrogen) atoms. The average molecular weight is 418 g/mol. The molecule has 3 aromatic rings. The third kappa shape index (κ3) is 4.04. The molecule has 1 saturated heterocycles. The van der Waals surface area contributed by atoms with Crippen molar-refractivity contribution in [1.29, 1.82) is 0 Å². The molecule has 2 aliphatic rings. The Morgan fingerprint density at radius 2 is 1.94 bits per heavy atom. The number of piperidine rings is 1. The molecule has 7 nitrogen and oxygen atoms in total. The molecule has 0 spiro atoms. The van der Waals surface area contributed by atoms with Crippen molar-refractivity contribution in [3.63, 3.8) is 0 Å². The topological polar surface area (TPSA) is 73.0 Å². The number of hydrogen-bond acceptors (Lipinski definition) is 4. The monoisotopic (exact) mass is 417 g/mol. The molecule has 160 valence electrons. The van der Waals surface area contributed by atoms with Crippen LogP contribution in [0.15, 0.2) is 66.0 Å². The second kappa shape index (κ2) is 8.49. The lowest BCUT2D eigenvalue weighted by atomic mass is 9.76. The van der Waals surface area contributed by atoms with Crippen molar-refractivity contribution < 1.29 is 4.79 Å². The SMILES string of the molecule is O=C(CCCn1cncn1)N1C[C@H]2C[C@@H](C1)[C@H](Cc1ccccc1)n1c2cccc1=O. The summed E-state index contributed by atoms with van der Waals surface area (Å²) in [7, 11) is 0. The van der Waals surface area contributed by atoms with Gasteiger partial charge in [0.15, 0.2) is 0 Å². The van der Waals surface area contributed by atoms with Gasteiger partial charge in [0.2, 0.25) is 5.91 Å². The highest BCUT2D eigenvalue weighted by molar-refractivity contribution is 5.76. The number of benzene rings is 1. The minimum atomic E-state index is 0.0701. The summed E-state index contributed by atoms with van der Waals surface area (Å²) in [6.07, 6.45) is 6.29. The van der Waals surface area contributed by atoms with E-state index in [9.17, 15) is 9.59 Å². The van der Waals surface area contributed by atoms with E-state index in [1.54, 1.807) is 17.1 Å². The molecule has 2 aromatic heterocycles. The van der Waals surface area contributed by atoms with E-state index < -0.39 is 0 Å². The summed E-state index contributed by atoms with van der Waals surface area (Å²) in [5.74, 6) is 0.699. The van der Waals surface area contributed by atoms with Crippen LogP contribution in [0.5, 0.6) is 0 Å². The summed E-state index contributed by atoms with van der Waals surface area (Å²) in [5, 5.41) is 4.10. The fourth-order valence-corrected chi connectivity index (χ4v) is 5.26. The zero-order valence-electron chi connectivity index (χ0n) is 17.5. The molecule has 1 amide bonds. The Labute approximate surface area is 181 Å². The van der Waals surface area contributed by atoms with Crippen LogP contribution in [0.3, 0.4) is 0 Å². The number of carbonyl (C=O) groups is 1. The van der Waals surface area contributed by atoms with Gasteiger partial charge in [-0.25, -0.2) is 4.98 Å². The zero-order valence-corrected chi connectivity index (χ0v) is 17.5. The standard InChI is InChI=1S/C24H27N5O2/c30-23(10-5-11-28-17-25-16-26-28)27-14-19-13-20(15-27)22(12-18-6-2-1-3-7-18)29-21(19)8-4-9-24(29)31/h1-4,6-9,16-17,19-20,22H,5,10-15H2/t19-,20+,22+/m1/s1. The number of pyridine rings is 1. The highest BCUT2D eigenvalue weighted by atomic mass is 16.2. The summed E-state index contributed by atoms with van der Waals surface area (Å²) < 4.78 is 3.77. The summed E-state index contributed by atoms with van der Waals surface area (Å²) in [6, 6.07) is 16.0. The predicted octanol–water partition coefficient (Wildman–Crippen LogP) is 2.65. The molecule has 3 atom stereocenters. The number of carbonyl (C=O) groups excluding carboxylic acids is 1. The fourth-order valence-electron chi connectivity index (χ4n) is 5.26. The molecule has 2 aliphatic heterocycles. The summed E-state index contributed by atoms with van der Waals surface area (Å²) in [5.41, 5.74) is 2.37. The van der Waals surface area contributed by atoms with E-state index in [4.69, 9.17) is 0 Å². The first-order chi connectivity index (χ1) is 15.2. The normalized spacial score (nSPS) is 22.2. The molecular formula is C24H27N5O2. The molecule has 1 aromatic carbocycles. The first-order valence-corrected chi connectivity index (χ1v) is 11.0. The van der Waals surface area contributed by atoms with Crippen molar-refractivity contribution in [2.75, 3.05) is 13.1 Å². The van der Waals surface area contributed by atoms with Crippen LogP contribution in [0.4, 0.5) is 0 Å². The Morgan fingerprint density at radius 3 is 2.74 bits per heavy atom. The molecular weight excluding hydrogens is 390 g/mol. The second-order valence-electron chi connectivity index (χ2n) is 8.67. The molecule has 4 heterocycles. The number of fused-ring (bicyclic) bond motifs is 4. The lowest BCUT2D eigenvalue weighted by Crippen LogP contribution is -2.51. The van der Waals surface area contributed by atoms with Gasteiger partial charge in [-0.1, -0.05) is 36.4 Å². The summed E-state index contributed by atoms with van der Waals surface area (Å²) in [6.45, 7) is 2.11. The highest BCUT2D eigenvalue weighted by Crippen LogP contribution is 2.42. The van der Waals surface area contributed by atoms with Crippen molar-refractivity contribution >= 4 is 5.91 Å². The molecule has 2 bridgehead atoms. The molecule has 0 radical (unpaired) electrons. The lowest BCUT2D eigenvalue weighted by molar-refractivity contribution is -0.134. The maximum Gasteiger partial charge on any atom is 0.251 e. The molecule has 0 unspecified atom stereocenters. The Bertz CT molecular complexity index is 1090. The second-order valence-corrected chi connectivity index (χ2v) is 8.67.